The molecular formula is C17H15F4NO. The summed E-state index contributed by atoms with van der Waals surface area (Å²) in [6.45, 7) is 6.01. The molecule has 0 atom stereocenters. The minimum Gasteiger partial charge on any atom is -0.406 e. The zero-order valence-corrected chi connectivity index (χ0v) is 12.4. The first-order valence-corrected chi connectivity index (χ1v) is 6.78. The van der Waals surface area contributed by atoms with Crippen LogP contribution in [0.5, 0.6) is 5.75 Å². The maximum absolute atomic E-state index is 14.0. The lowest BCUT2D eigenvalue weighted by molar-refractivity contribution is -0.274. The number of rotatable bonds is 5. The van der Waals surface area contributed by atoms with E-state index in [1.54, 1.807) is 12.1 Å². The highest BCUT2D eigenvalue weighted by atomic mass is 19.4. The minimum absolute atomic E-state index is 0.310. The molecule has 2 aromatic rings. The van der Waals surface area contributed by atoms with Gasteiger partial charge in [-0.05, 0) is 42.3 Å². The molecule has 0 spiro atoms. The van der Waals surface area contributed by atoms with E-state index >= 15 is 0 Å². The van der Waals surface area contributed by atoms with E-state index in [1.165, 1.54) is 18.2 Å². The molecule has 0 unspecified atom stereocenters. The SMILES string of the molecule is C=C(C)NCc1ccc(F)c(-c2ccc(OC(F)(F)F)cc2)c1. The first-order chi connectivity index (χ1) is 10.7. The van der Waals surface area contributed by atoms with Gasteiger partial charge in [0.2, 0.25) is 0 Å². The normalized spacial score (nSPS) is 11.2. The van der Waals surface area contributed by atoms with Crippen molar-refractivity contribution < 1.29 is 22.3 Å². The average molecular weight is 325 g/mol. The molecule has 0 aliphatic rings. The summed E-state index contributed by atoms with van der Waals surface area (Å²) in [5, 5.41) is 3.03. The second-order valence-electron chi connectivity index (χ2n) is 5.02. The van der Waals surface area contributed by atoms with E-state index in [9.17, 15) is 17.6 Å². The molecular weight excluding hydrogens is 310 g/mol. The fourth-order valence-electron chi connectivity index (χ4n) is 1.99. The second kappa shape index (κ2) is 6.73. The molecule has 122 valence electrons. The number of ether oxygens (including phenoxy) is 1. The quantitative estimate of drug-likeness (QED) is 0.780. The third-order valence-electron chi connectivity index (χ3n) is 3.02. The molecule has 0 saturated carbocycles. The van der Waals surface area contributed by atoms with Crippen LogP contribution in [0.25, 0.3) is 11.1 Å². The van der Waals surface area contributed by atoms with E-state index in [4.69, 9.17) is 0 Å². The number of nitrogens with one attached hydrogen (secondary N) is 1. The highest BCUT2D eigenvalue weighted by Crippen LogP contribution is 2.28. The molecule has 0 radical (unpaired) electrons. The molecule has 0 amide bonds. The van der Waals surface area contributed by atoms with Crippen LogP contribution in [0.1, 0.15) is 12.5 Å². The highest BCUT2D eigenvalue weighted by Gasteiger charge is 2.30. The monoisotopic (exact) mass is 325 g/mol. The van der Waals surface area contributed by atoms with Crippen LogP contribution < -0.4 is 10.1 Å². The number of alkyl halides is 3. The molecule has 2 rings (SSSR count). The van der Waals surface area contributed by atoms with Crippen molar-refractivity contribution in [2.24, 2.45) is 0 Å². The average Bonchev–Trinajstić information content (AvgIpc) is 2.45. The van der Waals surface area contributed by atoms with Crippen molar-refractivity contribution in [1.82, 2.24) is 5.32 Å². The van der Waals surface area contributed by atoms with Gasteiger partial charge in [0.05, 0.1) is 0 Å². The summed E-state index contributed by atoms with van der Waals surface area (Å²) >= 11 is 0. The maximum atomic E-state index is 14.0. The Kier molecular flexibility index (Phi) is 4.93. The summed E-state index contributed by atoms with van der Waals surface area (Å²) in [4.78, 5) is 0. The van der Waals surface area contributed by atoms with E-state index in [0.29, 0.717) is 17.7 Å². The number of benzene rings is 2. The Labute approximate surface area is 131 Å². The lowest BCUT2D eigenvalue weighted by atomic mass is 10.0. The lowest BCUT2D eigenvalue weighted by Crippen LogP contribution is -2.16. The van der Waals surface area contributed by atoms with Gasteiger partial charge in [-0.15, -0.1) is 13.2 Å². The van der Waals surface area contributed by atoms with Crippen molar-refractivity contribution in [1.29, 1.82) is 0 Å². The molecule has 6 heteroatoms. The molecule has 0 aliphatic heterocycles. The van der Waals surface area contributed by atoms with Gasteiger partial charge < -0.3 is 10.1 Å². The molecule has 0 aliphatic carbocycles. The third-order valence-corrected chi connectivity index (χ3v) is 3.02. The zero-order chi connectivity index (χ0) is 17.0. The van der Waals surface area contributed by atoms with Gasteiger partial charge in [0.1, 0.15) is 11.6 Å². The van der Waals surface area contributed by atoms with Crippen LogP contribution in [0.2, 0.25) is 0 Å². The standard InChI is InChI=1S/C17H15F4NO/c1-11(2)22-10-12-3-8-16(18)15(9-12)13-4-6-14(7-5-13)23-17(19,20)21/h3-9,22H,1,10H2,2H3. The Morgan fingerprint density at radius 1 is 1.13 bits per heavy atom. The molecule has 2 aromatic carbocycles. The lowest BCUT2D eigenvalue weighted by Gasteiger charge is -2.11. The molecule has 0 heterocycles. The van der Waals surface area contributed by atoms with E-state index in [-0.39, 0.29) is 5.75 Å². The fourth-order valence-corrected chi connectivity index (χ4v) is 1.99. The van der Waals surface area contributed by atoms with Gasteiger partial charge in [-0.25, -0.2) is 4.39 Å². The summed E-state index contributed by atoms with van der Waals surface area (Å²) in [5.74, 6) is -0.796. The third kappa shape index (κ3) is 5.02. The Morgan fingerprint density at radius 2 is 1.78 bits per heavy atom. The smallest absolute Gasteiger partial charge is 0.406 e. The van der Waals surface area contributed by atoms with Gasteiger partial charge in [-0.2, -0.15) is 0 Å². The zero-order valence-electron chi connectivity index (χ0n) is 12.4. The largest absolute Gasteiger partial charge is 0.573 e. The first-order valence-electron chi connectivity index (χ1n) is 6.78. The Bertz CT molecular complexity index is 693. The van der Waals surface area contributed by atoms with Crippen molar-refractivity contribution in [2.75, 3.05) is 0 Å². The van der Waals surface area contributed by atoms with Gasteiger partial charge in [-0.1, -0.05) is 24.8 Å². The van der Waals surface area contributed by atoms with Crippen LogP contribution in [-0.2, 0) is 6.54 Å². The molecule has 23 heavy (non-hydrogen) atoms. The van der Waals surface area contributed by atoms with Crippen LogP contribution in [-0.4, -0.2) is 6.36 Å². The van der Waals surface area contributed by atoms with E-state index in [2.05, 4.69) is 16.6 Å². The molecule has 0 aromatic heterocycles. The van der Waals surface area contributed by atoms with Crippen molar-refractivity contribution in [3.8, 4) is 16.9 Å². The molecule has 2 nitrogen and oxygen atoms in total. The van der Waals surface area contributed by atoms with E-state index < -0.39 is 12.2 Å². The molecule has 0 fully saturated rings. The van der Waals surface area contributed by atoms with Crippen LogP contribution in [0.4, 0.5) is 17.6 Å². The van der Waals surface area contributed by atoms with Crippen LogP contribution in [0, 0.1) is 5.82 Å². The van der Waals surface area contributed by atoms with Gasteiger partial charge in [0.25, 0.3) is 0 Å². The predicted molar refractivity (Wildman–Crippen MR) is 80.2 cm³/mol. The molecule has 1 N–H and O–H groups in total. The van der Waals surface area contributed by atoms with Crippen molar-refractivity contribution in [3.63, 3.8) is 0 Å². The molecule has 0 bridgehead atoms. The Hall–Kier alpha value is -2.50. The number of allylic oxidation sites excluding steroid dienone is 1. The van der Waals surface area contributed by atoms with Gasteiger partial charge in [-0.3, -0.25) is 0 Å². The van der Waals surface area contributed by atoms with Gasteiger partial charge >= 0.3 is 6.36 Å². The number of halogens is 4. The Morgan fingerprint density at radius 3 is 2.35 bits per heavy atom. The van der Waals surface area contributed by atoms with Gasteiger partial charge in [0.15, 0.2) is 0 Å². The summed E-state index contributed by atoms with van der Waals surface area (Å²) in [7, 11) is 0. The maximum Gasteiger partial charge on any atom is 0.573 e. The van der Waals surface area contributed by atoms with Crippen molar-refractivity contribution in [2.45, 2.75) is 19.8 Å². The summed E-state index contributed by atoms with van der Waals surface area (Å²) < 4.78 is 54.2. The summed E-state index contributed by atoms with van der Waals surface area (Å²) in [6, 6.07) is 9.68. The summed E-state index contributed by atoms with van der Waals surface area (Å²) in [5.41, 5.74) is 2.39. The van der Waals surface area contributed by atoms with Crippen LogP contribution in [0.15, 0.2) is 54.7 Å². The van der Waals surface area contributed by atoms with Crippen molar-refractivity contribution >= 4 is 0 Å². The predicted octanol–water partition coefficient (Wildman–Crippen LogP) is 5.01. The topological polar surface area (TPSA) is 21.3 Å². The minimum atomic E-state index is -4.75. The van der Waals surface area contributed by atoms with Crippen LogP contribution in [0.3, 0.4) is 0 Å². The first kappa shape index (κ1) is 16.9. The van der Waals surface area contributed by atoms with E-state index in [1.807, 2.05) is 6.92 Å². The van der Waals surface area contributed by atoms with Crippen LogP contribution >= 0.6 is 0 Å². The second-order valence-corrected chi connectivity index (χ2v) is 5.02. The summed E-state index contributed by atoms with van der Waals surface area (Å²) in [6.07, 6.45) is -4.75. The number of hydrogen-bond acceptors (Lipinski definition) is 2. The van der Waals surface area contributed by atoms with Crippen molar-refractivity contribution in [3.05, 3.63) is 66.1 Å². The fraction of sp³-hybridized carbons (Fsp3) is 0.176. The van der Waals surface area contributed by atoms with Gasteiger partial charge in [0, 0.05) is 17.8 Å². The van der Waals surface area contributed by atoms with E-state index in [0.717, 1.165) is 23.4 Å². The number of hydrogen-bond donors (Lipinski definition) is 1. The highest BCUT2D eigenvalue weighted by molar-refractivity contribution is 5.65. The Balaban J connectivity index is 2.23. The molecule has 0 saturated heterocycles.